The quantitative estimate of drug-likeness (QED) is 0.578. The maximum atomic E-state index is 13.4. The summed E-state index contributed by atoms with van der Waals surface area (Å²) in [6.07, 6.45) is 0. The van der Waals surface area contributed by atoms with Gasteiger partial charge in [0.2, 0.25) is 0 Å². The highest BCUT2D eigenvalue weighted by Crippen LogP contribution is 2.37. The molecule has 0 saturated heterocycles. The van der Waals surface area contributed by atoms with Crippen molar-refractivity contribution < 1.29 is 14.1 Å². The number of carbonyl (C=O) groups excluding carboxylic acids is 1. The number of ether oxygens (including phenoxy) is 1. The first-order valence-electron chi connectivity index (χ1n) is 9.73. The number of aromatic nitrogens is 1. The van der Waals surface area contributed by atoms with Crippen molar-refractivity contribution in [2.24, 2.45) is 0 Å². The number of nitrogens with one attached hydrogen (secondary N) is 2. The van der Waals surface area contributed by atoms with Crippen LogP contribution in [0.2, 0.25) is 0 Å². The van der Waals surface area contributed by atoms with Crippen LogP contribution in [0.25, 0.3) is 0 Å². The van der Waals surface area contributed by atoms with Crippen LogP contribution in [-0.2, 0) is 4.79 Å². The van der Waals surface area contributed by atoms with Crippen molar-refractivity contribution >= 4 is 34.7 Å². The Labute approximate surface area is 185 Å². The summed E-state index contributed by atoms with van der Waals surface area (Å²) in [7, 11) is 1.60. The Morgan fingerprint density at radius 1 is 1.16 bits per heavy atom. The van der Waals surface area contributed by atoms with E-state index in [1.54, 1.807) is 20.1 Å². The highest BCUT2D eigenvalue weighted by Gasteiger charge is 2.35. The van der Waals surface area contributed by atoms with Crippen molar-refractivity contribution in [1.82, 2.24) is 10.5 Å². The second-order valence-electron chi connectivity index (χ2n) is 7.08. The molecule has 0 radical (unpaired) electrons. The van der Waals surface area contributed by atoms with Gasteiger partial charge >= 0.3 is 0 Å². The highest BCUT2D eigenvalue weighted by atomic mass is 32.1. The minimum absolute atomic E-state index is 0.297. The largest absolute Gasteiger partial charge is 0.495 e. The van der Waals surface area contributed by atoms with Crippen LogP contribution in [0.1, 0.15) is 24.3 Å². The summed E-state index contributed by atoms with van der Waals surface area (Å²) in [5, 5.41) is 10.5. The molecule has 31 heavy (non-hydrogen) atoms. The zero-order valence-electron chi connectivity index (χ0n) is 17.4. The smallest absolute Gasteiger partial charge is 0.257 e. The molecule has 3 aromatic rings. The number of hydrogen-bond acceptors (Lipinski definition) is 5. The van der Waals surface area contributed by atoms with Crippen molar-refractivity contribution in [3.8, 4) is 5.75 Å². The van der Waals surface area contributed by atoms with Gasteiger partial charge in [-0.1, -0.05) is 47.6 Å². The standard InChI is InChI=1S/C23H22N4O3S/c1-14-13-19(26-30-14)24-22(28)20-15(2)27(17-11-7-8-12-18(17)29-3)23(31)25-21(20)16-9-5-4-6-10-16/h4-13,21H,1-3H3,(H,25,31)(H,24,26,28). The Bertz CT molecular complexity index is 1160. The molecule has 2 aromatic carbocycles. The highest BCUT2D eigenvalue weighted by molar-refractivity contribution is 7.80. The van der Waals surface area contributed by atoms with Gasteiger partial charge in [0.15, 0.2) is 10.9 Å². The Balaban J connectivity index is 1.83. The van der Waals surface area contributed by atoms with Crippen LogP contribution in [0.3, 0.4) is 0 Å². The summed E-state index contributed by atoms with van der Waals surface area (Å²) in [5.74, 6) is 1.32. The first-order valence-corrected chi connectivity index (χ1v) is 10.1. The average Bonchev–Trinajstić information content (AvgIpc) is 3.18. The summed E-state index contributed by atoms with van der Waals surface area (Å²) in [4.78, 5) is 15.2. The molecular formula is C23H22N4O3S. The van der Waals surface area contributed by atoms with Crippen LogP contribution in [-0.4, -0.2) is 23.3 Å². The van der Waals surface area contributed by atoms with Gasteiger partial charge in [0.05, 0.1) is 24.4 Å². The molecule has 0 spiro atoms. The van der Waals surface area contributed by atoms with Crippen molar-refractivity contribution in [2.45, 2.75) is 19.9 Å². The van der Waals surface area contributed by atoms with Crippen LogP contribution in [0.5, 0.6) is 5.75 Å². The summed E-state index contributed by atoms with van der Waals surface area (Å²) in [6.45, 7) is 3.64. The van der Waals surface area contributed by atoms with Gasteiger partial charge in [0, 0.05) is 11.8 Å². The second-order valence-corrected chi connectivity index (χ2v) is 7.46. The molecule has 1 atom stereocenters. The van der Waals surface area contributed by atoms with E-state index in [4.69, 9.17) is 21.5 Å². The molecule has 0 aliphatic carbocycles. The van der Waals surface area contributed by atoms with Crippen LogP contribution >= 0.6 is 12.2 Å². The average molecular weight is 435 g/mol. The molecule has 2 N–H and O–H groups in total. The number of amides is 1. The molecule has 0 bridgehead atoms. The fourth-order valence-electron chi connectivity index (χ4n) is 3.65. The van der Waals surface area contributed by atoms with Gasteiger partial charge < -0.3 is 19.9 Å². The Hall–Kier alpha value is -3.65. The van der Waals surface area contributed by atoms with Gasteiger partial charge in [-0.15, -0.1) is 0 Å². The van der Waals surface area contributed by atoms with Crippen molar-refractivity contribution in [2.75, 3.05) is 17.3 Å². The van der Waals surface area contributed by atoms with E-state index >= 15 is 0 Å². The lowest BCUT2D eigenvalue weighted by Crippen LogP contribution is -2.48. The van der Waals surface area contributed by atoms with Crippen LogP contribution in [0.15, 0.2) is 76.5 Å². The van der Waals surface area contributed by atoms with Crippen molar-refractivity contribution in [1.29, 1.82) is 0 Å². The molecule has 1 unspecified atom stereocenters. The number of methoxy groups -OCH3 is 1. The molecule has 8 heteroatoms. The summed E-state index contributed by atoms with van der Waals surface area (Å²) in [6, 6.07) is 18.5. The minimum Gasteiger partial charge on any atom is -0.495 e. The maximum absolute atomic E-state index is 13.4. The summed E-state index contributed by atoms with van der Waals surface area (Å²) in [5.41, 5.74) is 2.88. The molecule has 7 nitrogen and oxygen atoms in total. The van der Waals surface area contributed by atoms with E-state index in [0.717, 1.165) is 11.3 Å². The van der Waals surface area contributed by atoms with E-state index in [1.165, 1.54) is 0 Å². The van der Waals surface area contributed by atoms with E-state index < -0.39 is 6.04 Å². The van der Waals surface area contributed by atoms with Gasteiger partial charge in [-0.3, -0.25) is 9.69 Å². The first kappa shape index (κ1) is 20.6. The molecule has 2 heterocycles. The van der Waals surface area contributed by atoms with E-state index in [9.17, 15) is 4.79 Å². The van der Waals surface area contributed by atoms with E-state index in [2.05, 4.69) is 15.8 Å². The maximum Gasteiger partial charge on any atom is 0.257 e. The van der Waals surface area contributed by atoms with Gasteiger partial charge in [-0.25, -0.2) is 0 Å². The number of para-hydroxylation sites is 2. The fraction of sp³-hybridized carbons (Fsp3) is 0.174. The lowest BCUT2D eigenvalue weighted by atomic mass is 9.94. The third kappa shape index (κ3) is 4.02. The van der Waals surface area contributed by atoms with E-state index in [1.807, 2.05) is 66.4 Å². The van der Waals surface area contributed by atoms with Gasteiger partial charge in [0.1, 0.15) is 11.5 Å². The number of carbonyl (C=O) groups is 1. The minimum atomic E-state index is -0.423. The number of anilines is 2. The third-order valence-electron chi connectivity index (χ3n) is 5.06. The Morgan fingerprint density at radius 3 is 2.55 bits per heavy atom. The molecule has 1 aliphatic heterocycles. The topological polar surface area (TPSA) is 79.6 Å². The van der Waals surface area contributed by atoms with Gasteiger partial charge in [-0.2, -0.15) is 0 Å². The number of thiocarbonyl (C=S) groups is 1. The predicted octanol–water partition coefficient (Wildman–Crippen LogP) is 4.34. The number of nitrogens with zero attached hydrogens (tertiary/aromatic N) is 2. The monoisotopic (exact) mass is 434 g/mol. The molecule has 0 saturated carbocycles. The third-order valence-corrected chi connectivity index (χ3v) is 5.36. The Morgan fingerprint density at radius 2 is 1.87 bits per heavy atom. The number of rotatable bonds is 5. The van der Waals surface area contributed by atoms with Gasteiger partial charge in [0.25, 0.3) is 5.91 Å². The van der Waals surface area contributed by atoms with E-state index in [0.29, 0.717) is 33.7 Å². The lowest BCUT2D eigenvalue weighted by molar-refractivity contribution is -0.113. The predicted molar refractivity (Wildman–Crippen MR) is 123 cm³/mol. The fourth-order valence-corrected chi connectivity index (χ4v) is 4.00. The zero-order chi connectivity index (χ0) is 22.0. The number of aryl methyl sites for hydroxylation is 1. The molecule has 1 aromatic heterocycles. The summed E-state index contributed by atoms with van der Waals surface area (Å²) < 4.78 is 10.6. The molecule has 1 aliphatic rings. The summed E-state index contributed by atoms with van der Waals surface area (Å²) >= 11 is 5.71. The molecule has 1 amide bonds. The number of hydrogen-bond donors (Lipinski definition) is 2. The zero-order valence-corrected chi connectivity index (χ0v) is 18.2. The number of allylic oxidation sites excluding steroid dienone is 1. The molecule has 0 fully saturated rings. The lowest BCUT2D eigenvalue weighted by Gasteiger charge is -2.38. The molecule has 158 valence electrons. The van der Waals surface area contributed by atoms with Crippen LogP contribution < -0.4 is 20.3 Å². The second kappa shape index (κ2) is 8.61. The van der Waals surface area contributed by atoms with Crippen molar-refractivity contribution in [3.63, 3.8) is 0 Å². The van der Waals surface area contributed by atoms with Gasteiger partial charge in [-0.05, 0) is 43.8 Å². The van der Waals surface area contributed by atoms with E-state index in [-0.39, 0.29) is 5.91 Å². The number of benzene rings is 2. The van der Waals surface area contributed by atoms with Crippen LogP contribution in [0.4, 0.5) is 11.5 Å². The SMILES string of the molecule is COc1ccccc1N1C(=S)NC(c2ccccc2)C(C(=O)Nc2cc(C)on2)=C1C. The van der Waals surface area contributed by atoms with Crippen molar-refractivity contribution in [3.05, 3.63) is 83.3 Å². The molecular weight excluding hydrogens is 412 g/mol. The molecule has 4 rings (SSSR count). The van der Waals surface area contributed by atoms with Crippen LogP contribution in [0, 0.1) is 6.92 Å². The first-order chi connectivity index (χ1) is 15.0. The normalized spacial score (nSPS) is 16.2. The Kier molecular flexibility index (Phi) is 5.73.